The fourth-order valence-corrected chi connectivity index (χ4v) is 6.13. The number of hydrogen-bond acceptors (Lipinski definition) is 3. The minimum absolute atomic E-state index is 0.0245. The molecule has 0 unspecified atom stereocenters. The van der Waals surface area contributed by atoms with Gasteiger partial charge in [0, 0.05) is 56.2 Å². The second-order valence-electron chi connectivity index (χ2n) is 10.3. The number of nitrogens with zero attached hydrogens (tertiary/aromatic N) is 4. The Morgan fingerprint density at radius 1 is 1.03 bits per heavy atom. The van der Waals surface area contributed by atoms with Crippen LogP contribution in [0.5, 0.6) is 0 Å². The SMILES string of the molecule is Cn1cc(C2CCN(C(=O)C3CCCC3)CC2)c2cc(CC(=O)N3CC[C@H](C#N)C3)ccc21. The smallest absolute Gasteiger partial charge is 0.227 e. The summed E-state index contributed by atoms with van der Waals surface area (Å²) in [7, 11) is 2.08. The van der Waals surface area contributed by atoms with E-state index in [-0.39, 0.29) is 17.7 Å². The summed E-state index contributed by atoms with van der Waals surface area (Å²) < 4.78 is 2.18. The number of likely N-dealkylation sites (tertiary alicyclic amines) is 2. The molecule has 2 aromatic rings. The van der Waals surface area contributed by atoms with E-state index in [1.807, 2.05) is 4.90 Å². The summed E-state index contributed by atoms with van der Waals surface area (Å²) in [6.45, 7) is 2.95. The van der Waals surface area contributed by atoms with E-state index in [0.29, 0.717) is 31.3 Å². The maximum Gasteiger partial charge on any atom is 0.227 e. The third-order valence-corrected chi connectivity index (χ3v) is 8.11. The van der Waals surface area contributed by atoms with Crippen LogP contribution in [-0.4, -0.2) is 52.4 Å². The topological polar surface area (TPSA) is 69.3 Å². The van der Waals surface area contributed by atoms with Crippen LogP contribution in [0.1, 0.15) is 62.0 Å². The first kappa shape index (κ1) is 22.0. The lowest BCUT2D eigenvalue weighted by Gasteiger charge is -2.33. The number of carbonyl (C=O) groups is 2. The minimum Gasteiger partial charge on any atom is -0.350 e. The van der Waals surface area contributed by atoms with Gasteiger partial charge in [-0.05, 0) is 61.3 Å². The second-order valence-corrected chi connectivity index (χ2v) is 10.3. The Kier molecular flexibility index (Phi) is 6.14. The number of aromatic nitrogens is 1. The third-order valence-electron chi connectivity index (χ3n) is 8.11. The lowest BCUT2D eigenvalue weighted by molar-refractivity contribution is -0.136. The van der Waals surface area contributed by atoms with Crippen LogP contribution in [-0.2, 0) is 23.1 Å². The van der Waals surface area contributed by atoms with Crippen LogP contribution in [0.2, 0.25) is 0 Å². The number of benzene rings is 1. The van der Waals surface area contributed by atoms with E-state index < -0.39 is 0 Å². The Hall–Kier alpha value is -2.81. The van der Waals surface area contributed by atoms with E-state index in [1.165, 1.54) is 29.3 Å². The van der Waals surface area contributed by atoms with E-state index in [1.54, 1.807) is 0 Å². The largest absolute Gasteiger partial charge is 0.350 e. The summed E-state index contributed by atoms with van der Waals surface area (Å²) in [4.78, 5) is 29.5. The summed E-state index contributed by atoms with van der Waals surface area (Å²) in [5, 5.41) is 10.4. The molecule has 0 N–H and O–H groups in total. The molecule has 174 valence electrons. The van der Waals surface area contributed by atoms with Crippen LogP contribution < -0.4 is 0 Å². The number of piperidine rings is 1. The molecule has 6 nitrogen and oxygen atoms in total. The highest BCUT2D eigenvalue weighted by atomic mass is 16.2. The molecular weight excluding hydrogens is 412 g/mol. The molecule has 5 rings (SSSR count). The van der Waals surface area contributed by atoms with Crippen LogP contribution in [0.4, 0.5) is 0 Å². The van der Waals surface area contributed by atoms with Crippen molar-refractivity contribution in [3.63, 3.8) is 0 Å². The van der Waals surface area contributed by atoms with Gasteiger partial charge in [-0.1, -0.05) is 18.9 Å². The lowest BCUT2D eigenvalue weighted by atomic mass is 9.88. The van der Waals surface area contributed by atoms with Crippen LogP contribution in [0.25, 0.3) is 10.9 Å². The first-order chi connectivity index (χ1) is 16.0. The highest BCUT2D eigenvalue weighted by Gasteiger charge is 2.31. The number of fused-ring (bicyclic) bond motifs is 1. The Morgan fingerprint density at radius 3 is 2.45 bits per heavy atom. The number of hydrogen-bond donors (Lipinski definition) is 0. The average molecular weight is 447 g/mol. The van der Waals surface area contributed by atoms with Crippen molar-refractivity contribution >= 4 is 22.7 Å². The van der Waals surface area contributed by atoms with Gasteiger partial charge in [0.05, 0.1) is 18.4 Å². The molecule has 1 aromatic carbocycles. The molecule has 6 heteroatoms. The normalized spacial score (nSPS) is 22.2. The number of aryl methyl sites for hydroxylation is 1. The van der Waals surface area contributed by atoms with Gasteiger partial charge in [-0.3, -0.25) is 9.59 Å². The summed E-state index contributed by atoms with van der Waals surface area (Å²) in [5.74, 6) is 1.18. The molecule has 1 aliphatic carbocycles. The van der Waals surface area contributed by atoms with Gasteiger partial charge in [-0.2, -0.15) is 5.26 Å². The van der Waals surface area contributed by atoms with Crippen molar-refractivity contribution in [1.82, 2.24) is 14.4 Å². The molecule has 3 fully saturated rings. The predicted octanol–water partition coefficient (Wildman–Crippen LogP) is 3.99. The Labute approximate surface area is 196 Å². The van der Waals surface area contributed by atoms with Crippen LogP contribution >= 0.6 is 0 Å². The fourth-order valence-electron chi connectivity index (χ4n) is 6.13. The van der Waals surface area contributed by atoms with Crippen molar-refractivity contribution in [3.8, 4) is 6.07 Å². The molecule has 2 saturated heterocycles. The Balaban J connectivity index is 1.28. The van der Waals surface area contributed by atoms with E-state index in [0.717, 1.165) is 50.8 Å². The second kappa shape index (κ2) is 9.21. The van der Waals surface area contributed by atoms with E-state index in [2.05, 4.69) is 47.0 Å². The van der Waals surface area contributed by atoms with Crippen molar-refractivity contribution in [2.75, 3.05) is 26.2 Å². The van der Waals surface area contributed by atoms with Gasteiger partial charge in [0.25, 0.3) is 0 Å². The number of carbonyl (C=O) groups excluding carboxylic acids is 2. The standard InChI is InChI=1S/C27H34N4O2/c1-29-18-24(21-9-12-30(13-10-21)27(33)22-4-2-3-5-22)23-14-19(6-7-25(23)29)15-26(32)31-11-8-20(16-28)17-31/h6-7,14,18,20-22H,2-5,8-13,15,17H2,1H3/t20-/m1/s1. The van der Waals surface area contributed by atoms with Gasteiger partial charge in [-0.15, -0.1) is 0 Å². The highest BCUT2D eigenvalue weighted by Crippen LogP contribution is 2.36. The molecule has 2 amide bonds. The van der Waals surface area contributed by atoms with Crippen molar-refractivity contribution < 1.29 is 9.59 Å². The van der Waals surface area contributed by atoms with Gasteiger partial charge in [-0.25, -0.2) is 0 Å². The fraction of sp³-hybridized carbons (Fsp3) is 0.593. The molecular formula is C27H34N4O2. The number of rotatable bonds is 4. The van der Waals surface area contributed by atoms with Crippen LogP contribution in [0, 0.1) is 23.2 Å². The van der Waals surface area contributed by atoms with Crippen LogP contribution in [0.15, 0.2) is 24.4 Å². The molecule has 1 aromatic heterocycles. The van der Waals surface area contributed by atoms with Crippen molar-refractivity contribution in [2.24, 2.45) is 18.9 Å². The lowest BCUT2D eigenvalue weighted by Crippen LogP contribution is -2.40. The highest BCUT2D eigenvalue weighted by molar-refractivity contribution is 5.87. The van der Waals surface area contributed by atoms with E-state index in [4.69, 9.17) is 5.26 Å². The van der Waals surface area contributed by atoms with Gasteiger partial charge in [0.2, 0.25) is 11.8 Å². The maximum absolute atomic E-state index is 12.8. The van der Waals surface area contributed by atoms with E-state index in [9.17, 15) is 9.59 Å². The summed E-state index contributed by atoms with van der Waals surface area (Å²) in [6, 6.07) is 8.67. The zero-order valence-corrected chi connectivity index (χ0v) is 19.6. The molecule has 3 heterocycles. The van der Waals surface area contributed by atoms with Gasteiger partial charge >= 0.3 is 0 Å². The summed E-state index contributed by atoms with van der Waals surface area (Å²) >= 11 is 0. The minimum atomic E-state index is -0.0245. The van der Waals surface area contributed by atoms with E-state index >= 15 is 0 Å². The number of amides is 2. The van der Waals surface area contributed by atoms with Gasteiger partial charge < -0.3 is 14.4 Å². The summed E-state index contributed by atoms with van der Waals surface area (Å²) in [6.07, 6.45) is 9.95. The van der Waals surface area contributed by atoms with Crippen LogP contribution in [0.3, 0.4) is 0 Å². The predicted molar refractivity (Wildman–Crippen MR) is 127 cm³/mol. The Morgan fingerprint density at radius 2 is 1.76 bits per heavy atom. The molecule has 0 bridgehead atoms. The monoisotopic (exact) mass is 446 g/mol. The van der Waals surface area contributed by atoms with Crippen molar-refractivity contribution in [1.29, 1.82) is 5.26 Å². The Bertz CT molecular complexity index is 1080. The van der Waals surface area contributed by atoms with Gasteiger partial charge in [0.1, 0.15) is 0 Å². The molecule has 1 saturated carbocycles. The molecule has 33 heavy (non-hydrogen) atoms. The van der Waals surface area contributed by atoms with Gasteiger partial charge in [0.15, 0.2) is 0 Å². The first-order valence-corrected chi connectivity index (χ1v) is 12.6. The zero-order chi connectivity index (χ0) is 22.9. The van der Waals surface area contributed by atoms with Crippen molar-refractivity contribution in [2.45, 2.75) is 57.3 Å². The van der Waals surface area contributed by atoms with Crippen molar-refractivity contribution in [3.05, 3.63) is 35.5 Å². The molecule has 3 aliphatic rings. The third kappa shape index (κ3) is 4.38. The first-order valence-electron chi connectivity index (χ1n) is 12.6. The molecule has 1 atom stereocenters. The molecule has 2 aliphatic heterocycles. The quantitative estimate of drug-likeness (QED) is 0.713. The average Bonchev–Trinajstić information content (AvgIpc) is 3.59. The number of nitriles is 1. The zero-order valence-electron chi connectivity index (χ0n) is 19.6. The maximum atomic E-state index is 12.8. The molecule has 0 radical (unpaired) electrons. The molecule has 0 spiro atoms. The summed E-state index contributed by atoms with van der Waals surface area (Å²) in [5.41, 5.74) is 3.58.